The van der Waals surface area contributed by atoms with Gasteiger partial charge in [-0.15, -0.1) is 0 Å². The lowest BCUT2D eigenvalue weighted by molar-refractivity contribution is -0.381. The van der Waals surface area contributed by atoms with Crippen LogP contribution < -0.4 is 0 Å². The minimum atomic E-state index is -3.63. The molecule has 3 aliphatic rings. The highest BCUT2D eigenvalue weighted by atomic mass is 16.6. The molecule has 37 heavy (non-hydrogen) atoms. The number of aliphatic hydroxyl groups excluding tert-OH is 12. The van der Waals surface area contributed by atoms with Crippen molar-refractivity contribution in [1.82, 2.24) is 0 Å². The second kappa shape index (κ2) is 11.4. The molecular weight excluding hydrogens is 512 g/mol. The highest BCUT2D eigenvalue weighted by molar-refractivity contribution is 5.23. The number of hydrogen-bond donors (Lipinski definition) is 14. The molecule has 218 valence electrons. The van der Waals surface area contributed by atoms with Crippen LogP contribution in [0.1, 0.15) is 0 Å². The molecule has 3 unspecified atom stereocenters. The molecule has 0 aromatic rings. The Morgan fingerprint density at radius 2 is 0.892 bits per heavy atom. The number of ether oxygens (including phenoxy) is 3. The number of hydrogen-bond acceptors (Lipinski definition) is 17. The molecule has 0 saturated carbocycles. The van der Waals surface area contributed by atoms with E-state index < -0.39 is 123 Å². The zero-order chi connectivity index (χ0) is 28.0. The molecule has 0 radical (unpaired) electrons. The lowest BCUT2D eigenvalue weighted by Crippen LogP contribution is -2.85. The lowest BCUT2D eigenvalue weighted by Gasteiger charge is -2.60. The van der Waals surface area contributed by atoms with Crippen LogP contribution in [0.15, 0.2) is 0 Å². The summed E-state index contributed by atoms with van der Waals surface area (Å²) in [4.78, 5) is 0. The van der Waals surface area contributed by atoms with Gasteiger partial charge in [-0.25, -0.2) is 0 Å². The highest BCUT2D eigenvalue weighted by Crippen LogP contribution is 2.46. The van der Waals surface area contributed by atoms with Gasteiger partial charge in [0, 0.05) is 0 Å². The van der Waals surface area contributed by atoms with Gasteiger partial charge in [0.1, 0.15) is 85.5 Å². The SMILES string of the molecule is OC[C@@H](O)[C@H](O)[C@](O)(C1OC[C@@H](O)[C@H](O)[C@H]1O)C(O)(C1OC[C@@H](O)[C@H](O)[C@H]1O)C1OC[C@@H](O)[C@H](O)[C@H]1O. The maximum atomic E-state index is 12.2. The van der Waals surface area contributed by atoms with Gasteiger partial charge in [-0.05, 0) is 0 Å². The topological polar surface area (TPSA) is 311 Å². The van der Waals surface area contributed by atoms with Crippen molar-refractivity contribution < 1.29 is 85.7 Å². The summed E-state index contributed by atoms with van der Waals surface area (Å²) in [6.07, 6.45) is -30.7. The summed E-state index contributed by atoms with van der Waals surface area (Å²) in [6, 6.07) is 0. The van der Waals surface area contributed by atoms with Crippen LogP contribution in [0.5, 0.6) is 0 Å². The third-order valence-electron chi connectivity index (χ3n) is 7.45. The van der Waals surface area contributed by atoms with Gasteiger partial charge >= 0.3 is 0 Å². The van der Waals surface area contributed by atoms with Gasteiger partial charge in [0.05, 0.1) is 26.4 Å². The number of rotatable bonds is 7. The summed E-state index contributed by atoms with van der Waals surface area (Å²) in [6.45, 7) is -3.74. The van der Waals surface area contributed by atoms with Crippen LogP contribution >= 0.6 is 0 Å². The Kier molecular flexibility index (Phi) is 9.54. The Bertz CT molecular complexity index is 728. The van der Waals surface area contributed by atoms with Crippen LogP contribution in [0.25, 0.3) is 0 Å². The Morgan fingerprint density at radius 3 is 1.24 bits per heavy atom. The molecule has 17 heteroatoms. The predicted octanol–water partition coefficient (Wildman–Crippen LogP) is -9.39. The zero-order valence-corrected chi connectivity index (χ0v) is 19.4. The molecule has 0 aliphatic carbocycles. The van der Waals surface area contributed by atoms with Crippen LogP contribution in [0.4, 0.5) is 0 Å². The normalized spacial score (nSPS) is 48.5. The first-order chi connectivity index (χ1) is 17.2. The van der Waals surface area contributed by atoms with E-state index in [1.807, 2.05) is 0 Å². The zero-order valence-electron chi connectivity index (χ0n) is 19.4. The fourth-order valence-electron chi connectivity index (χ4n) is 5.22. The van der Waals surface area contributed by atoms with Gasteiger partial charge in [-0.1, -0.05) is 0 Å². The highest BCUT2D eigenvalue weighted by Gasteiger charge is 2.74. The Balaban J connectivity index is 2.26. The van der Waals surface area contributed by atoms with Crippen molar-refractivity contribution in [3.8, 4) is 0 Å². The summed E-state index contributed by atoms with van der Waals surface area (Å²) in [5.74, 6) is 0. The van der Waals surface area contributed by atoms with E-state index in [4.69, 9.17) is 14.2 Å². The van der Waals surface area contributed by atoms with Crippen LogP contribution in [0.3, 0.4) is 0 Å². The molecule has 3 aliphatic heterocycles. The first-order valence-corrected chi connectivity index (χ1v) is 11.5. The smallest absolute Gasteiger partial charge is 0.156 e. The Labute approximate surface area is 209 Å². The van der Waals surface area contributed by atoms with Crippen molar-refractivity contribution in [3.63, 3.8) is 0 Å². The van der Waals surface area contributed by atoms with E-state index in [2.05, 4.69) is 0 Å². The maximum Gasteiger partial charge on any atom is 0.156 e. The molecule has 15 atom stereocenters. The van der Waals surface area contributed by atoms with Gasteiger partial charge in [0.25, 0.3) is 0 Å². The first kappa shape index (κ1) is 30.9. The molecule has 0 bridgehead atoms. The van der Waals surface area contributed by atoms with Gasteiger partial charge in [-0.2, -0.15) is 0 Å². The van der Waals surface area contributed by atoms with E-state index in [-0.39, 0.29) is 0 Å². The number of aliphatic hydroxyl groups is 14. The first-order valence-electron chi connectivity index (χ1n) is 11.5. The van der Waals surface area contributed by atoms with Crippen LogP contribution in [-0.4, -0.2) is 195 Å². The van der Waals surface area contributed by atoms with E-state index in [0.29, 0.717) is 0 Å². The second-order valence-corrected chi connectivity index (χ2v) is 9.75. The molecular formula is C20H36O17. The monoisotopic (exact) mass is 548 g/mol. The van der Waals surface area contributed by atoms with Crippen molar-refractivity contribution in [3.05, 3.63) is 0 Å². The molecule has 17 nitrogen and oxygen atoms in total. The molecule has 0 amide bonds. The van der Waals surface area contributed by atoms with E-state index in [1.165, 1.54) is 0 Å². The van der Waals surface area contributed by atoms with Crippen molar-refractivity contribution in [2.75, 3.05) is 26.4 Å². The molecule has 3 heterocycles. The molecule has 0 aromatic heterocycles. The summed E-state index contributed by atoms with van der Waals surface area (Å²) >= 11 is 0. The third-order valence-corrected chi connectivity index (χ3v) is 7.45. The average Bonchev–Trinajstić information content (AvgIpc) is 2.87. The average molecular weight is 548 g/mol. The van der Waals surface area contributed by atoms with Gasteiger partial charge < -0.3 is 85.7 Å². The molecule has 3 rings (SSSR count). The molecule has 14 N–H and O–H groups in total. The standard InChI is InChI=1S/C20H36O17/c21-1-5(22)15(32)19(33,16-12(29)9(26)6(23)2-35-16)20(34,17-13(30)10(27)7(24)3-36-17)18-14(31)11(28)8(25)4-37-18/h5-18,21-34H,1-4H2/t5-,6-,7-,8-,9+,10+,11+,12-,13-,14-,15+,16?,17?,18?,19+,20?/m1/s1. The summed E-state index contributed by atoms with van der Waals surface area (Å²) < 4.78 is 15.8. The van der Waals surface area contributed by atoms with Gasteiger partial charge in [-0.3, -0.25) is 0 Å². The fourth-order valence-corrected chi connectivity index (χ4v) is 5.22. The second-order valence-electron chi connectivity index (χ2n) is 9.75. The van der Waals surface area contributed by atoms with Crippen LogP contribution in [-0.2, 0) is 14.2 Å². The van der Waals surface area contributed by atoms with E-state index in [0.717, 1.165) is 0 Å². The quantitative estimate of drug-likeness (QED) is 0.140. The molecule has 0 aromatic carbocycles. The van der Waals surface area contributed by atoms with Crippen LogP contribution in [0, 0.1) is 0 Å². The van der Waals surface area contributed by atoms with E-state index in [1.54, 1.807) is 0 Å². The van der Waals surface area contributed by atoms with Crippen molar-refractivity contribution >= 4 is 0 Å². The minimum absolute atomic E-state index is 0.816. The van der Waals surface area contributed by atoms with Crippen molar-refractivity contribution in [2.24, 2.45) is 0 Å². The largest absolute Gasteiger partial charge is 0.394 e. The minimum Gasteiger partial charge on any atom is -0.394 e. The Morgan fingerprint density at radius 1 is 0.568 bits per heavy atom. The summed E-state index contributed by atoms with van der Waals surface area (Å²) in [5, 5.41) is 147. The van der Waals surface area contributed by atoms with Crippen molar-refractivity contribution in [2.45, 2.75) is 96.7 Å². The van der Waals surface area contributed by atoms with Gasteiger partial charge in [0.2, 0.25) is 0 Å². The van der Waals surface area contributed by atoms with E-state index in [9.17, 15) is 71.5 Å². The molecule has 3 fully saturated rings. The fraction of sp³-hybridized carbons (Fsp3) is 1.00. The molecule has 0 spiro atoms. The maximum absolute atomic E-state index is 12.2. The lowest BCUT2D eigenvalue weighted by atomic mass is 9.62. The predicted molar refractivity (Wildman–Crippen MR) is 112 cm³/mol. The van der Waals surface area contributed by atoms with E-state index >= 15 is 0 Å². The third kappa shape index (κ3) is 4.92. The van der Waals surface area contributed by atoms with Gasteiger partial charge in [0.15, 0.2) is 11.2 Å². The van der Waals surface area contributed by atoms with Crippen molar-refractivity contribution in [1.29, 1.82) is 0 Å². The van der Waals surface area contributed by atoms with Crippen LogP contribution in [0.2, 0.25) is 0 Å². The Hall–Kier alpha value is -0.680. The summed E-state index contributed by atoms with van der Waals surface area (Å²) in [7, 11) is 0. The summed E-state index contributed by atoms with van der Waals surface area (Å²) in [5.41, 5.74) is -7.17. The molecule has 3 saturated heterocycles.